The molecule has 1 N–H and O–H groups in total. The van der Waals surface area contributed by atoms with E-state index in [0.717, 1.165) is 24.6 Å². The molecule has 5 rings (SSSR count). The highest BCUT2D eigenvalue weighted by Gasteiger charge is 2.26. The van der Waals surface area contributed by atoms with Crippen LogP contribution in [0.25, 0.3) is 10.9 Å². The number of aromatic nitrogens is 1. The molecule has 0 bridgehead atoms. The molecule has 1 aliphatic heterocycles. The van der Waals surface area contributed by atoms with Gasteiger partial charge in [0, 0.05) is 40.4 Å². The second-order valence-corrected chi connectivity index (χ2v) is 12.2. The van der Waals surface area contributed by atoms with Crippen LogP contribution in [0.4, 0.5) is 5.69 Å². The van der Waals surface area contributed by atoms with E-state index in [0.29, 0.717) is 51.9 Å². The van der Waals surface area contributed by atoms with Crippen molar-refractivity contribution in [3.63, 3.8) is 0 Å². The van der Waals surface area contributed by atoms with E-state index in [9.17, 15) is 18.0 Å². The average molecular weight is 580 g/mol. The van der Waals surface area contributed by atoms with Gasteiger partial charge in [0.15, 0.2) is 0 Å². The number of hydrogen-bond acceptors (Lipinski definition) is 5. The Balaban J connectivity index is 1.44. The molecule has 1 aromatic heterocycles. The first-order valence-electron chi connectivity index (χ1n) is 13.1. The number of amides is 1. The maximum Gasteiger partial charge on any atom is 0.262 e. The summed E-state index contributed by atoms with van der Waals surface area (Å²) in [5.41, 5.74) is 2.79. The molecule has 3 aromatic carbocycles. The molecule has 1 amide bonds. The van der Waals surface area contributed by atoms with Crippen molar-refractivity contribution >= 4 is 50.0 Å². The van der Waals surface area contributed by atoms with Crippen molar-refractivity contribution in [1.82, 2.24) is 8.87 Å². The van der Waals surface area contributed by atoms with Crippen molar-refractivity contribution in [3.8, 4) is 5.75 Å². The summed E-state index contributed by atoms with van der Waals surface area (Å²) < 4.78 is 34.8. The summed E-state index contributed by atoms with van der Waals surface area (Å²) in [6.07, 6.45) is 2.68. The molecule has 1 aliphatic rings. The van der Waals surface area contributed by atoms with Crippen molar-refractivity contribution in [2.45, 2.75) is 37.5 Å². The van der Waals surface area contributed by atoms with Gasteiger partial charge in [-0.2, -0.15) is 4.31 Å². The van der Waals surface area contributed by atoms with Gasteiger partial charge in [0.1, 0.15) is 5.75 Å². The van der Waals surface area contributed by atoms with Gasteiger partial charge in [0.25, 0.3) is 5.91 Å². The number of methoxy groups -OCH3 is 1. The zero-order valence-corrected chi connectivity index (χ0v) is 23.9. The van der Waals surface area contributed by atoms with E-state index in [4.69, 9.17) is 16.3 Å². The molecular weight excluding hydrogens is 550 g/mol. The van der Waals surface area contributed by atoms with Gasteiger partial charge in [-0.3, -0.25) is 14.2 Å². The molecule has 0 spiro atoms. The molecule has 8 nitrogen and oxygen atoms in total. The predicted octanol–water partition coefficient (Wildman–Crippen LogP) is 5.66. The first-order valence-corrected chi connectivity index (χ1v) is 14.9. The predicted molar refractivity (Wildman–Crippen MR) is 156 cm³/mol. The second-order valence-electron chi connectivity index (χ2n) is 9.81. The van der Waals surface area contributed by atoms with Crippen molar-refractivity contribution in [2.24, 2.45) is 0 Å². The van der Waals surface area contributed by atoms with E-state index in [2.05, 4.69) is 5.32 Å². The minimum atomic E-state index is -3.64. The number of anilines is 1. The highest BCUT2D eigenvalue weighted by molar-refractivity contribution is 7.89. The molecule has 0 unspecified atom stereocenters. The average Bonchev–Trinajstić information content (AvgIpc) is 3.23. The van der Waals surface area contributed by atoms with Gasteiger partial charge in [-0.1, -0.05) is 24.1 Å². The Morgan fingerprint density at radius 1 is 0.975 bits per heavy atom. The van der Waals surface area contributed by atoms with Crippen LogP contribution >= 0.6 is 11.6 Å². The smallest absolute Gasteiger partial charge is 0.262 e. The van der Waals surface area contributed by atoms with E-state index in [1.54, 1.807) is 73.2 Å². The fraction of sp³-hybridized carbons (Fsp3) is 0.267. The number of sulfonamides is 1. The van der Waals surface area contributed by atoms with Crippen LogP contribution in [0.3, 0.4) is 0 Å². The van der Waals surface area contributed by atoms with E-state index < -0.39 is 10.0 Å². The first-order chi connectivity index (χ1) is 19.2. The quantitative estimate of drug-likeness (QED) is 0.305. The molecule has 1 saturated heterocycles. The number of piperidine rings is 1. The number of nitrogens with zero attached hydrogens (tertiary/aromatic N) is 2. The molecule has 0 radical (unpaired) electrons. The van der Waals surface area contributed by atoms with Crippen LogP contribution < -0.4 is 10.1 Å². The number of benzene rings is 3. The number of carbonyl (C=O) groups excluding carboxylic acids is 2. The molecule has 4 aromatic rings. The Morgan fingerprint density at radius 3 is 2.40 bits per heavy atom. The number of nitrogens with one attached hydrogen (secondary N) is 1. The highest BCUT2D eigenvalue weighted by atomic mass is 35.5. The van der Waals surface area contributed by atoms with Crippen LogP contribution in [-0.4, -0.2) is 49.3 Å². The largest absolute Gasteiger partial charge is 0.497 e. The first kappa shape index (κ1) is 27.9. The highest BCUT2D eigenvalue weighted by Crippen LogP contribution is 2.31. The zero-order chi connectivity index (χ0) is 28.4. The zero-order valence-electron chi connectivity index (χ0n) is 22.3. The summed E-state index contributed by atoms with van der Waals surface area (Å²) in [7, 11) is -2.08. The molecule has 208 valence electrons. The lowest BCUT2D eigenvalue weighted by Gasteiger charge is -2.26. The van der Waals surface area contributed by atoms with Gasteiger partial charge < -0.3 is 10.1 Å². The number of halogens is 1. The monoisotopic (exact) mass is 579 g/mol. The minimum Gasteiger partial charge on any atom is -0.497 e. The lowest BCUT2D eigenvalue weighted by atomic mass is 10.1. The summed E-state index contributed by atoms with van der Waals surface area (Å²) >= 11 is 6.01. The Labute approximate surface area is 238 Å². The van der Waals surface area contributed by atoms with E-state index in [1.807, 2.05) is 6.07 Å². The molecule has 0 atom stereocenters. The van der Waals surface area contributed by atoms with Crippen LogP contribution in [0.1, 0.15) is 40.9 Å². The summed E-state index contributed by atoms with van der Waals surface area (Å²) in [5, 5.41) is 4.09. The van der Waals surface area contributed by atoms with Gasteiger partial charge in [-0.25, -0.2) is 8.42 Å². The fourth-order valence-electron chi connectivity index (χ4n) is 5.15. The van der Waals surface area contributed by atoms with Crippen LogP contribution in [-0.2, 0) is 21.2 Å². The lowest BCUT2D eigenvalue weighted by Crippen LogP contribution is -2.35. The van der Waals surface area contributed by atoms with E-state index >= 15 is 0 Å². The molecule has 40 heavy (non-hydrogen) atoms. The fourth-order valence-corrected chi connectivity index (χ4v) is 6.84. The Bertz CT molecular complexity index is 1690. The van der Waals surface area contributed by atoms with Crippen molar-refractivity contribution < 1.29 is 22.7 Å². The maximum absolute atomic E-state index is 13.5. The number of fused-ring (bicyclic) bond motifs is 1. The Hall–Kier alpha value is -3.66. The van der Waals surface area contributed by atoms with E-state index in [-0.39, 0.29) is 23.1 Å². The van der Waals surface area contributed by atoms with E-state index in [1.165, 1.54) is 10.4 Å². The van der Waals surface area contributed by atoms with Crippen LogP contribution in [0.5, 0.6) is 5.75 Å². The third-order valence-corrected chi connectivity index (χ3v) is 9.39. The third-order valence-electron chi connectivity index (χ3n) is 7.24. The summed E-state index contributed by atoms with van der Waals surface area (Å²) in [4.78, 5) is 26.9. The van der Waals surface area contributed by atoms with Gasteiger partial charge in [-0.05, 0) is 86.0 Å². The van der Waals surface area contributed by atoms with Crippen LogP contribution in [0.15, 0.2) is 71.6 Å². The Morgan fingerprint density at radius 2 is 1.70 bits per heavy atom. The summed E-state index contributed by atoms with van der Waals surface area (Å²) in [6.45, 7) is 2.80. The van der Waals surface area contributed by atoms with Gasteiger partial charge >= 0.3 is 0 Å². The Kier molecular flexibility index (Phi) is 7.98. The van der Waals surface area contributed by atoms with Crippen molar-refractivity contribution in [2.75, 3.05) is 25.5 Å². The molecule has 2 heterocycles. The summed E-state index contributed by atoms with van der Waals surface area (Å²) in [5.74, 6) is 0.0175. The third kappa shape index (κ3) is 5.50. The molecule has 1 fully saturated rings. The molecule has 0 aliphatic carbocycles. The second kappa shape index (κ2) is 11.4. The van der Waals surface area contributed by atoms with Crippen molar-refractivity contribution in [3.05, 3.63) is 88.6 Å². The van der Waals surface area contributed by atoms with Gasteiger partial charge in [-0.15, -0.1) is 0 Å². The molecular formula is C30H30ClN3O5S. The minimum absolute atomic E-state index is 0.0283. The number of hydrogen-bond donors (Lipinski definition) is 1. The molecule has 10 heteroatoms. The topological polar surface area (TPSA) is 97.7 Å². The number of ether oxygens (including phenoxy) is 1. The number of carbonyl (C=O) groups is 2. The number of rotatable bonds is 7. The lowest BCUT2D eigenvalue weighted by molar-refractivity contribution is -0.115. The maximum atomic E-state index is 13.5. The SMILES string of the molecule is COc1ccc2c(c1)c(CC(=O)Nc1cccc(S(=O)(=O)N3CCCCC3)c1)c(C)n2C(=O)c1ccc(Cl)cc1. The summed E-state index contributed by atoms with van der Waals surface area (Å²) in [6, 6.07) is 18.3. The van der Waals surface area contributed by atoms with Crippen molar-refractivity contribution in [1.29, 1.82) is 0 Å². The van der Waals surface area contributed by atoms with Gasteiger partial charge in [0.2, 0.25) is 15.9 Å². The van der Waals surface area contributed by atoms with Gasteiger partial charge in [0.05, 0.1) is 23.9 Å². The van der Waals surface area contributed by atoms with Crippen LogP contribution in [0, 0.1) is 6.92 Å². The van der Waals surface area contributed by atoms with Crippen LogP contribution in [0.2, 0.25) is 5.02 Å². The standard InChI is InChI=1S/C30H30ClN3O5S/c1-20-26(19-29(35)32-23-7-6-8-25(17-23)40(37,38)33-15-4-3-5-16-33)27-18-24(39-2)13-14-28(27)34(20)30(36)21-9-11-22(31)12-10-21/h6-14,17-18H,3-5,15-16,19H2,1-2H3,(H,32,35). The normalized spacial score (nSPS) is 14.3. The molecule has 0 saturated carbocycles.